The Hall–Kier alpha value is -1.78. The molecular formula is C13H13F3O2. The molecular weight excluding hydrogens is 245 g/mol. The Balaban J connectivity index is 2.70. The molecule has 0 atom stereocenters. The van der Waals surface area contributed by atoms with Crippen LogP contribution >= 0.6 is 0 Å². The van der Waals surface area contributed by atoms with Crippen LogP contribution < -0.4 is 0 Å². The molecule has 2 nitrogen and oxygen atoms in total. The number of rotatable bonds is 5. The fraction of sp³-hybridized carbons (Fsp3) is 0.308. The second kappa shape index (κ2) is 6.83. The molecule has 0 saturated carbocycles. The lowest BCUT2D eigenvalue weighted by molar-refractivity contribution is -0.137. The summed E-state index contributed by atoms with van der Waals surface area (Å²) < 4.78 is 43.7. The molecule has 0 spiro atoms. The van der Waals surface area contributed by atoms with Crippen LogP contribution in [-0.4, -0.2) is 12.6 Å². The Morgan fingerprint density at radius 2 is 1.89 bits per heavy atom. The first-order chi connectivity index (χ1) is 8.54. The van der Waals surface area contributed by atoms with Crippen molar-refractivity contribution in [1.29, 1.82) is 0 Å². The predicted octanol–water partition coefficient (Wildman–Crippen LogP) is 3.46. The topological polar surface area (TPSA) is 26.3 Å². The highest BCUT2D eigenvalue weighted by Gasteiger charge is 2.09. The number of benzene rings is 1. The monoisotopic (exact) mass is 258 g/mol. The zero-order chi connectivity index (χ0) is 13.5. The van der Waals surface area contributed by atoms with Gasteiger partial charge in [-0.15, -0.1) is 0 Å². The average molecular weight is 258 g/mol. The molecule has 1 aromatic rings. The van der Waals surface area contributed by atoms with Gasteiger partial charge in [0.15, 0.2) is 0 Å². The van der Waals surface area contributed by atoms with Crippen molar-refractivity contribution in [3.05, 3.63) is 41.2 Å². The van der Waals surface area contributed by atoms with E-state index in [0.717, 1.165) is 25.0 Å². The van der Waals surface area contributed by atoms with E-state index in [1.807, 2.05) is 6.92 Å². The van der Waals surface area contributed by atoms with Crippen molar-refractivity contribution in [2.24, 2.45) is 0 Å². The lowest BCUT2D eigenvalue weighted by Gasteiger charge is -2.01. The molecule has 0 N–H and O–H groups in total. The molecule has 0 bridgehead atoms. The number of carbonyl (C=O) groups excluding carboxylic acids is 1. The minimum Gasteiger partial charge on any atom is -0.463 e. The fourth-order valence-corrected chi connectivity index (χ4v) is 1.23. The van der Waals surface area contributed by atoms with Crippen LogP contribution in [0.3, 0.4) is 0 Å². The Morgan fingerprint density at radius 1 is 1.28 bits per heavy atom. The van der Waals surface area contributed by atoms with E-state index in [9.17, 15) is 18.0 Å². The summed E-state index contributed by atoms with van der Waals surface area (Å²) in [5.41, 5.74) is -0.469. The molecule has 5 heteroatoms. The van der Waals surface area contributed by atoms with E-state index >= 15 is 0 Å². The molecule has 1 rings (SSSR count). The second-order valence-corrected chi connectivity index (χ2v) is 3.64. The first kappa shape index (κ1) is 14.3. The molecule has 0 aliphatic heterocycles. The molecule has 1 aromatic carbocycles. The van der Waals surface area contributed by atoms with Gasteiger partial charge in [0.1, 0.15) is 17.5 Å². The van der Waals surface area contributed by atoms with E-state index in [1.54, 1.807) is 0 Å². The molecule has 0 amide bonds. The second-order valence-electron chi connectivity index (χ2n) is 3.64. The van der Waals surface area contributed by atoms with Gasteiger partial charge in [0.05, 0.1) is 6.61 Å². The predicted molar refractivity (Wildman–Crippen MR) is 61.2 cm³/mol. The SMILES string of the molecule is CCCCOC(=O)/C=C/c1c(F)cc(F)cc1F. The Morgan fingerprint density at radius 3 is 2.44 bits per heavy atom. The van der Waals surface area contributed by atoms with Crippen LogP contribution in [0.5, 0.6) is 0 Å². The zero-order valence-electron chi connectivity index (χ0n) is 9.88. The van der Waals surface area contributed by atoms with E-state index in [-0.39, 0.29) is 6.61 Å². The quantitative estimate of drug-likeness (QED) is 0.459. The van der Waals surface area contributed by atoms with Gasteiger partial charge >= 0.3 is 5.97 Å². The van der Waals surface area contributed by atoms with Crippen LogP contribution in [0.4, 0.5) is 13.2 Å². The molecule has 0 unspecified atom stereocenters. The number of ether oxygens (including phenoxy) is 1. The molecule has 0 aliphatic carbocycles. The van der Waals surface area contributed by atoms with Crippen molar-refractivity contribution in [3.8, 4) is 0 Å². The summed E-state index contributed by atoms with van der Waals surface area (Å²) in [6.07, 6.45) is 3.44. The number of halogens is 3. The van der Waals surface area contributed by atoms with E-state index in [0.29, 0.717) is 12.1 Å². The average Bonchev–Trinajstić information content (AvgIpc) is 2.27. The standard InChI is InChI=1S/C13H13F3O2/c1-2-3-6-18-13(17)5-4-10-11(15)7-9(14)8-12(10)16/h4-5,7-8H,2-3,6H2,1H3/b5-4+. The summed E-state index contributed by atoms with van der Waals surface area (Å²) in [4.78, 5) is 11.2. The molecule has 0 saturated heterocycles. The Labute approximate surface area is 103 Å². The van der Waals surface area contributed by atoms with E-state index in [2.05, 4.69) is 0 Å². The summed E-state index contributed by atoms with van der Waals surface area (Å²) in [5, 5.41) is 0. The van der Waals surface area contributed by atoms with Crippen molar-refractivity contribution in [2.75, 3.05) is 6.61 Å². The van der Waals surface area contributed by atoms with E-state index in [4.69, 9.17) is 4.74 Å². The van der Waals surface area contributed by atoms with Gasteiger partial charge in [0.2, 0.25) is 0 Å². The van der Waals surface area contributed by atoms with Gasteiger partial charge in [0, 0.05) is 23.8 Å². The molecule has 0 heterocycles. The van der Waals surface area contributed by atoms with Gasteiger partial charge in [-0.3, -0.25) is 0 Å². The molecule has 0 radical (unpaired) electrons. The van der Waals surface area contributed by atoms with Crippen LogP contribution in [0.2, 0.25) is 0 Å². The molecule has 0 aromatic heterocycles. The molecule has 18 heavy (non-hydrogen) atoms. The van der Waals surface area contributed by atoms with Crippen molar-refractivity contribution in [1.82, 2.24) is 0 Å². The van der Waals surface area contributed by atoms with Crippen LogP contribution in [0.1, 0.15) is 25.3 Å². The first-order valence-corrected chi connectivity index (χ1v) is 5.54. The van der Waals surface area contributed by atoms with Gasteiger partial charge in [0.25, 0.3) is 0 Å². The number of unbranched alkanes of at least 4 members (excludes halogenated alkanes) is 1. The number of hydrogen-bond acceptors (Lipinski definition) is 2. The highest BCUT2D eigenvalue weighted by Crippen LogP contribution is 2.16. The van der Waals surface area contributed by atoms with Gasteiger partial charge in [-0.25, -0.2) is 18.0 Å². The van der Waals surface area contributed by atoms with Crippen molar-refractivity contribution >= 4 is 12.0 Å². The maximum Gasteiger partial charge on any atom is 0.330 e. The van der Waals surface area contributed by atoms with E-state index in [1.165, 1.54) is 0 Å². The van der Waals surface area contributed by atoms with Crippen molar-refractivity contribution < 1.29 is 22.7 Å². The van der Waals surface area contributed by atoms with Crippen molar-refractivity contribution in [2.45, 2.75) is 19.8 Å². The molecule has 98 valence electrons. The number of carbonyl (C=O) groups is 1. The lowest BCUT2D eigenvalue weighted by atomic mass is 10.2. The van der Waals surface area contributed by atoms with Crippen molar-refractivity contribution in [3.63, 3.8) is 0 Å². The van der Waals surface area contributed by atoms with Gasteiger partial charge < -0.3 is 4.74 Å². The van der Waals surface area contributed by atoms with Crippen LogP contribution in [-0.2, 0) is 9.53 Å². The van der Waals surface area contributed by atoms with Crippen LogP contribution in [0.25, 0.3) is 6.08 Å². The smallest absolute Gasteiger partial charge is 0.330 e. The summed E-state index contributed by atoms with van der Waals surface area (Å²) in [7, 11) is 0. The van der Waals surface area contributed by atoms with Crippen LogP contribution in [0.15, 0.2) is 18.2 Å². The number of hydrogen-bond donors (Lipinski definition) is 0. The maximum absolute atomic E-state index is 13.2. The van der Waals surface area contributed by atoms with Gasteiger partial charge in [-0.05, 0) is 12.5 Å². The summed E-state index contributed by atoms with van der Waals surface area (Å²) in [5.74, 6) is -3.82. The molecule has 0 aliphatic rings. The lowest BCUT2D eigenvalue weighted by Crippen LogP contribution is -2.02. The van der Waals surface area contributed by atoms with Gasteiger partial charge in [-0.1, -0.05) is 13.3 Å². The third-order valence-corrected chi connectivity index (χ3v) is 2.17. The highest BCUT2D eigenvalue weighted by atomic mass is 19.1. The summed E-state index contributed by atoms with van der Waals surface area (Å²) >= 11 is 0. The Bertz CT molecular complexity index is 433. The maximum atomic E-state index is 13.2. The minimum atomic E-state index is -1.06. The summed E-state index contributed by atoms with van der Waals surface area (Å²) in [6, 6.07) is 1.09. The third-order valence-electron chi connectivity index (χ3n) is 2.17. The van der Waals surface area contributed by atoms with Gasteiger partial charge in [-0.2, -0.15) is 0 Å². The first-order valence-electron chi connectivity index (χ1n) is 5.54. The van der Waals surface area contributed by atoms with Crippen LogP contribution in [0, 0.1) is 17.5 Å². The summed E-state index contributed by atoms with van der Waals surface area (Å²) in [6.45, 7) is 2.20. The normalized spacial score (nSPS) is 10.9. The highest BCUT2D eigenvalue weighted by molar-refractivity contribution is 5.87. The minimum absolute atomic E-state index is 0.258. The zero-order valence-corrected chi connectivity index (χ0v) is 9.88. The number of esters is 1. The fourth-order valence-electron chi connectivity index (χ4n) is 1.23. The van der Waals surface area contributed by atoms with E-state index < -0.39 is 29.0 Å². The third kappa shape index (κ3) is 4.24. The largest absolute Gasteiger partial charge is 0.463 e. The Kier molecular flexibility index (Phi) is 5.42. The molecule has 0 fully saturated rings.